The average molecular weight is 364 g/mol. The summed E-state index contributed by atoms with van der Waals surface area (Å²) in [6.07, 6.45) is -1.78. The number of alkyl halides is 1. The van der Waals surface area contributed by atoms with Crippen molar-refractivity contribution in [2.75, 3.05) is 0 Å². The Morgan fingerprint density at radius 1 is 1.35 bits per heavy atom. The summed E-state index contributed by atoms with van der Waals surface area (Å²) in [7, 11) is -2.14. The first-order valence-electron chi connectivity index (χ1n) is 7.59. The van der Waals surface area contributed by atoms with Crippen LogP contribution in [0.4, 0.5) is 0 Å². The van der Waals surface area contributed by atoms with Crippen molar-refractivity contribution in [3.05, 3.63) is 10.4 Å². The summed E-state index contributed by atoms with van der Waals surface area (Å²) in [5.74, 6) is -0.511. The van der Waals surface area contributed by atoms with E-state index in [2.05, 4.69) is 43.9 Å². The summed E-state index contributed by atoms with van der Waals surface area (Å²) in [5, 5.41) is 3.78. The molecule has 0 N–H and O–H groups in total. The first-order chi connectivity index (χ1) is 10.4. The normalized spacial score (nSPS) is 32.1. The molecular formula is C14H26ClN3O4Si. The van der Waals surface area contributed by atoms with Gasteiger partial charge in [0.15, 0.2) is 20.0 Å². The van der Waals surface area contributed by atoms with Crippen molar-refractivity contribution >= 4 is 25.9 Å². The smallest absolute Gasteiger partial charge is 0.303 e. The third kappa shape index (κ3) is 4.84. The standard InChI is InChI=1S/C14H26ClN3O4Si/c1-8-11(22-23(6,7)14(3,4)5)10(17-18-16)12(13(15)20-8)21-9(2)19/h8,10-13H,1-7H3/t8-,10+,11-,12-,13+/m1/s1. The Bertz CT molecular complexity index is 491. The van der Waals surface area contributed by atoms with Crippen LogP contribution in [0.2, 0.25) is 18.1 Å². The Balaban J connectivity index is 3.15. The molecule has 0 unspecified atom stereocenters. The van der Waals surface area contributed by atoms with Crippen LogP contribution in [-0.4, -0.2) is 44.2 Å². The van der Waals surface area contributed by atoms with Gasteiger partial charge in [-0.05, 0) is 30.6 Å². The number of hydrogen-bond donors (Lipinski definition) is 0. The minimum absolute atomic E-state index is 0.0254. The van der Waals surface area contributed by atoms with E-state index in [4.69, 9.17) is 31.0 Å². The fourth-order valence-corrected chi connectivity index (χ4v) is 3.90. The summed E-state index contributed by atoms with van der Waals surface area (Å²) in [6.45, 7) is 13.6. The highest BCUT2D eigenvalue weighted by Crippen LogP contribution is 2.40. The number of carbonyl (C=O) groups excluding carboxylic acids is 1. The van der Waals surface area contributed by atoms with E-state index in [1.807, 2.05) is 6.92 Å². The summed E-state index contributed by atoms with van der Waals surface area (Å²) in [4.78, 5) is 14.2. The second-order valence-corrected chi connectivity index (χ2v) is 12.5. The van der Waals surface area contributed by atoms with Crippen molar-refractivity contribution in [1.82, 2.24) is 0 Å². The summed E-state index contributed by atoms with van der Waals surface area (Å²) in [6, 6.07) is -0.732. The van der Waals surface area contributed by atoms with Crippen LogP contribution in [0.1, 0.15) is 34.6 Å². The lowest BCUT2D eigenvalue weighted by Crippen LogP contribution is -2.60. The van der Waals surface area contributed by atoms with Crippen molar-refractivity contribution in [2.24, 2.45) is 5.11 Å². The Labute approximate surface area is 143 Å². The zero-order valence-corrected chi connectivity index (χ0v) is 16.5. The highest BCUT2D eigenvalue weighted by molar-refractivity contribution is 6.74. The largest absolute Gasteiger partial charge is 0.458 e. The fraction of sp³-hybridized carbons (Fsp3) is 0.929. The first-order valence-corrected chi connectivity index (χ1v) is 10.9. The third-order valence-corrected chi connectivity index (χ3v) is 9.29. The molecule has 0 bridgehead atoms. The van der Waals surface area contributed by atoms with Crippen molar-refractivity contribution in [3.8, 4) is 0 Å². The Morgan fingerprint density at radius 2 is 1.91 bits per heavy atom. The summed E-state index contributed by atoms with van der Waals surface area (Å²) >= 11 is 6.15. The lowest BCUT2D eigenvalue weighted by molar-refractivity contribution is -0.176. The molecule has 23 heavy (non-hydrogen) atoms. The number of azide groups is 1. The Morgan fingerprint density at radius 3 is 2.35 bits per heavy atom. The van der Waals surface area contributed by atoms with Gasteiger partial charge in [-0.2, -0.15) is 0 Å². The maximum absolute atomic E-state index is 11.3. The quantitative estimate of drug-likeness (QED) is 0.188. The molecule has 1 heterocycles. The van der Waals surface area contributed by atoms with E-state index < -0.39 is 38.1 Å². The second-order valence-electron chi connectivity index (χ2n) is 7.30. The van der Waals surface area contributed by atoms with Crippen LogP contribution in [0, 0.1) is 0 Å². The van der Waals surface area contributed by atoms with Crippen molar-refractivity contribution in [3.63, 3.8) is 0 Å². The molecule has 9 heteroatoms. The van der Waals surface area contributed by atoms with Crippen LogP contribution in [-0.2, 0) is 18.7 Å². The minimum atomic E-state index is -2.14. The molecule has 0 aromatic carbocycles. The lowest BCUT2D eigenvalue weighted by atomic mass is 9.98. The zero-order valence-electron chi connectivity index (χ0n) is 14.7. The van der Waals surface area contributed by atoms with Crippen molar-refractivity contribution in [2.45, 2.75) is 82.7 Å². The molecule has 0 aromatic heterocycles. The van der Waals surface area contributed by atoms with Crippen LogP contribution in [0.5, 0.6) is 0 Å². The monoisotopic (exact) mass is 363 g/mol. The van der Waals surface area contributed by atoms with Crippen LogP contribution in [0.3, 0.4) is 0 Å². The topological polar surface area (TPSA) is 93.5 Å². The van der Waals surface area contributed by atoms with Gasteiger partial charge in [0.25, 0.3) is 0 Å². The number of ether oxygens (including phenoxy) is 2. The number of carbonyl (C=O) groups is 1. The van der Waals surface area contributed by atoms with E-state index in [0.717, 1.165) is 0 Å². The third-order valence-electron chi connectivity index (χ3n) is 4.46. The van der Waals surface area contributed by atoms with Gasteiger partial charge in [0.05, 0.1) is 12.2 Å². The molecule has 1 rings (SSSR count). The zero-order chi connectivity index (χ0) is 18.0. The van der Waals surface area contributed by atoms with Gasteiger partial charge < -0.3 is 13.9 Å². The second kappa shape index (κ2) is 7.40. The number of nitrogens with zero attached hydrogens (tertiary/aromatic N) is 3. The van der Waals surface area contributed by atoms with Crippen molar-refractivity contribution < 1.29 is 18.7 Å². The van der Waals surface area contributed by atoms with E-state index in [1.165, 1.54) is 6.92 Å². The molecule has 0 spiro atoms. The number of esters is 1. The van der Waals surface area contributed by atoms with Gasteiger partial charge in [-0.3, -0.25) is 4.79 Å². The molecule has 0 radical (unpaired) electrons. The molecule has 0 amide bonds. The molecule has 1 saturated heterocycles. The lowest BCUT2D eigenvalue weighted by Gasteiger charge is -2.47. The van der Waals surface area contributed by atoms with E-state index >= 15 is 0 Å². The molecule has 0 aliphatic carbocycles. The average Bonchev–Trinajstić information content (AvgIpc) is 2.37. The van der Waals surface area contributed by atoms with Gasteiger partial charge in [0.1, 0.15) is 6.04 Å². The van der Waals surface area contributed by atoms with E-state index in [1.54, 1.807) is 0 Å². The van der Waals surface area contributed by atoms with Gasteiger partial charge in [0, 0.05) is 11.8 Å². The van der Waals surface area contributed by atoms with E-state index in [0.29, 0.717) is 0 Å². The SMILES string of the molecule is CC(=O)O[C@@H]1[C@@H](N=[N+]=[N-])[C@H](O[Si](C)(C)C(C)(C)C)[C@@H](C)O[C@@H]1Cl. The molecule has 1 aliphatic rings. The summed E-state index contributed by atoms with van der Waals surface area (Å²) in [5.41, 5.74) is 8.02. The highest BCUT2D eigenvalue weighted by atomic mass is 35.5. The predicted octanol–water partition coefficient (Wildman–Crippen LogP) is 3.97. The first kappa shape index (κ1) is 20.3. The van der Waals surface area contributed by atoms with Crippen LogP contribution < -0.4 is 0 Å². The Hall–Kier alpha value is -0.793. The van der Waals surface area contributed by atoms with E-state index in [9.17, 15) is 4.79 Å². The molecule has 0 saturated carbocycles. The number of hydrogen-bond acceptors (Lipinski definition) is 5. The van der Waals surface area contributed by atoms with Gasteiger partial charge >= 0.3 is 5.97 Å². The van der Waals surface area contributed by atoms with Gasteiger partial charge in [-0.1, -0.05) is 37.5 Å². The minimum Gasteiger partial charge on any atom is -0.458 e. The molecule has 132 valence electrons. The van der Waals surface area contributed by atoms with Crippen LogP contribution in [0.25, 0.3) is 10.4 Å². The number of halogens is 1. The molecule has 1 fully saturated rings. The maximum atomic E-state index is 11.3. The maximum Gasteiger partial charge on any atom is 0.303 e. The van der Waals surface area contributed by atoms with Gasteiger partial charge in [-0.25, -0.2) is 0 Å². The molecule has 0 aromatic rings. The predicted molar refractivity (Wildman–Crippen MR) is 90.7 cm³/mol. The van der Waals surface area contributed by atoms with E-state index in [-0.39, 0.29) is 11.1 Å². The van der Waals surface area contributed by atoms with Crippen molar-refractivity contribution in [1.29, 1.82) is 0 Å². The Kier molecular flexibility index (Phi) is 6.52. The summed E-state index contributed by atoms with van der Waals surface area (Å²) < 4.78 is 17.3. The van der Waals surface area contributed by atoms with Gasteiger partial charge in [0.2, 0.25) is 0 Å². The number of rotatable bonds is 4. The molecule has 7 nitrogen and oxygen atoms in total. The van der Waals surface area contributed by atoms with Gasteiger partial charge in [-0.15, -0.1) is 0 Å². The fourth-order valence-electron chi connectivity index (χ4n) is 2.17. The molecule has 1 aliphatic heterocycles. The molecular weight excluding hydrogens is 338 g/mol. The van der Waals surface area contributed by atoms with Crippen LogP contribution in [0.15, 0.2) is 5.11 Å². The molecule has 5 atom stereocenters. The highest BCUT2D eigenvalue weighted by Gasteiger charge is 2.49. The van der Waals surface area contributed by atoms with Crippen LogP contribution >= 0.6 is 11.6 Å².